The molecule has 9 nitrogen and oxygen atoms in total. The Hall–Kier alpha value is -3.67. The molecule has 1 fully saturated rings. The maximum absolute atomic E-state index is 12.5. The van der Waals surface area contributed by atoms with Crippen LogP contribution >= 0.6 is 0 Å². The lowest BCUT2D eigenvalue weighted by Crippen LogP contribution is -2.61. The molecule has 0 aliphatic carbocycles. The summed E-state index contributed by atoms with van der Waals surface area (Å²) in [5.41, 5.74) is 9.24. The van der Waals surface area contributed by atoms with E-state index >= 15 is 0 Å². The number of amides is 2. The molecule has 2 aromatic carbocycles. The number of rotatable bonds is 6. The monoisotopic (exact) mass is 522 g/mol. The molecule has 37 heavy (non-hydrogen) atoms. The predicted octanol–water partition coefficient (Wildman–Crippen LogP) is 0.661. The van der Waals surface area contributed by atoms with Gasteiger partial charge in [0.2, 0.25) is 0 Å². The average molecular weight is 523 g/mol. The van der Waals surface area contributed by atoms with E-state index in [1.165, 1.54) is 5.48 Å². The fraction of sp³-hybridized carbons (Fsp3) is 0.333. The van der Waals surface area contributed by atoms with E-state index in [0.717, 1.165) is 11.1 Å². The van der Waals surface area contributed by atoms with Crippen molar-refractivity contribution in [2.75, 3.05) is 24.6 Å². The zero-order chi connectivity index (χ0) is 27.1. The van der Waals surface area contributed by atoms with Crippen molar-refractivity contribution in [3.8, 4) is 23.7 Å². The van der Waals surface area contributed by atoms with Crippen LogP contribution in [0, 0.1) is 23.7 Å². The molecule has 2 aromatic rings. The number of carbonyl (C=O) groups excluding carboxylic acids is 2. The summed E-state index contributed by atoms with van der Waals surface area (Å²) < 4.78 is 23.1. The second-order valence-electron chi connectivity index (χ2n) is 9.41. The van der Waals surface area contributed by atoms with Gasteiger partial charge in [-0.3, -0.25) is 19.7 Å². The summed E-state index contributed by atoms with van der Waals surface area (Å²) in [6.07, 6.45) is 0. The molecule has 1 aliphatic heterocycles. The number of hydroxylamine groups is 1. The van der Waals surface area contributed by atoms with Gasteiger partial charge >= 0.3 is 0 Å². The molecule has 3 rings (SSSR count). The number of hydrogen-bond donors (Lipinski definition) is 4. The molecule has 10 heteroatoms. The second kappa shape index (κ2) is 12.0. The molecule has 1 aliphatic rings. The van der Waals surface area contributed by atoms with Crippen LogP contribution < -0.4 is 16.5 Å². The summed E-state index contributed by atoms with van der Waals surface area (Å²) in [4.78, 5) is 26.5. The molecule has 0 spiro atoms. The summed E-state index contributed by atoms with van der Waals surface area (Å²) in [5, 5.41) is 11.4. The van der Waals surface area contributed by atoms with Crippen LogP contribution in [0.4, 0.5) is 0 Å². The summed E-state index contributed by atoms with van der Waals surface area (Å²) >= 11 is 0. The van der Waals surface area contributed by atoms with E-state index < -0.39 is 33.2 Å². The quantitative estimate of drug-likeness (QED) is 0.248. The average Bonchev–Trinajstić information content (AvgIpc) is 2.86. The lowest BCUT2D eigenvalue weighted by atomic mass is 9.95. The van der Waals surface area contributed by atoms with Gasteiger partial charge in [-0.15, -0.1) is 0 Å². The molecule has 2 amide bonds. The summed E-state index contributed by atoms with van der Waals surface area (Å²) in [5.74, 6) is 10.6. The zero-order valence-electron chi connectivity index (χ0n) is 20.7. The molecule has 1 atom stereocenters. The lowest BCUT2D eigenvalue weighted by molar-refractivity contribution is -0.132. The fourth-order valence-electron chi connectivity index (χ4n) is 3.64. The minimum Gasteiger partial charge on any atom is -0.338 e. The Kier molecular flexibility index (Phi) is 9.09. The maximum Gasteiger partial charge on any atom is 0.267 e. The van der Waals surface area contributed by atoms with Gasteiger partial charge in [0.05, 0.1) is 11.5 Å². The molecule has 0 radical (unpaired) electrons. The van der Waals surface area contributed by atoms with Gasteiger partial charge in [-0.2, -0.15) is 0 Å². The SMILES string of the molecule is CC(C)(N)[C@H](NC(=O)c1ccc(C#CC#Cc2ccc(CN3CCS(=O)(=O)CC3)cc2)cc1)C(=O)NO. The van der Waals surface area contributed by atoms with Crippen molar-refractivity contribution in [1.82, 2.24) is 15.7 Å². The van der Waals surface area contributed by atoms with Crippen LogP contribution in [0.3, 0.4) is 0 Å². The van der Waals surface area contributed by atoms with Gasteiger partial charge in [0.1, 0.15) is 6.04 Å². The molecule has 5 N–H and O–H groups in total. The minimum absolute atomic E-state index is 0.210. The van der Waals surface area contributed by atoms with E-state index in [1.54, 1.807) is 38.1 Å². The highest BCUT2D eigenvalue weighted by Crippen LogP contribution is 2.11. The molecule has 1 saturated heterocycles. The predicted molar refractivity (Wildman–Crippen MR) is 140 cm³/mol. The third-order valence-corrected chi connectivity index (χ3v) is 7.42. The Morgan fingerprint density at radius 2 is 1.51 bits per heavy atom. The van der Waals surface area contributed by atoms with Crippen molar-refractivity contribution in [1.29, 1.82) is 0 Å². The zero-order valence-corrected chi connectivity index (χ0v) is 21.6. The van der Waals surface area contributed by atoms with Gasteiger partial charge in [0.15, 0.2) is 9.84 Å². The van der Waals surface area contributed by atoms with E-state index in [1.807, 2.05) is 24.3 Å². The summed E-state index contributed by atoms with van der Waals surface area (Å²) in [6.45, 7) is 4.94. The maximum atomic E-state index is 12.5. The summed E-state index contributed by atoms with van der Waals surface area (Å²) in [7, 11) is -2.88. The van der Waals surface area contributed by atoms with Gasteiger partial charge < -0.3 is 11.1 Å². The number of benzene rings is 2. The van der Waals surface area contributed by atoms with Crippen molar-refractivity contribution < 1.29 is 23.2 Å². The number of hydrogen-bond acceptors (Lipinski definition) is 7. The van der Waals surface area contributed by atoms with Crippen LogP contribution in [0.5, 0.6) is 0 Å². The molecule has 0 unspecified atom stereocenters. The van der Waals surface area contributed by atoms with Crippen LogP contribution in [0.15, 0.2) is 48.5 Å². The van der Waals surface area contributed by atoms with Crippen LogP contribution in [-0.2, 0) is 21.2 Å². The van der Waals surface area contributed by atoms with Gasteiger partial charge in [-0.1, -0.05) is 24.0 Å². The second-order valence-corrected chi connectivity index (χ2v) is 11.7. The van der Waals surface area contributed by atoms with E-state index in [9.17, 15) is 18.0 Å². The topological polar surface area (TPSA) is 142 Å². The van der Waals surface area contributed by atoms with Crippen molar-refractivity contribution in [3.05, 3.63) is 70.8 Å². The molecule has 1 heterocycles. The van der Waals surface area contributed by atoms with Crippen LogP contribution in [0.1, 0.15) is 40.9 Å². The van der Waals surface area contributed by atoms with Crippen molar-refractivity contribution in [2.24, 2.45) is 5.73 Å². The van der Waals surface area contributed by atoms with Crippen LogP contribution in [-0.4, -0.2) is 66.5 Å². The Labute approximate surface area is 217 Å². The van der Waals surface area contributed by atoms with Crippen molar-refractivity contribution in [3.63, 3.8) is 0 Å². The van der Waals surface area contributed by atoms with Gasteiger partial charge in [0, 0.05) is 41.9 Å². The molecule has 0 aromatic heterocycles. The highest BCUT2D eigenvalue weighted by atomic mass is 32.2. The van der Waals surface area contributed by atoms with Crippen molar-refractivity contribution in [2.45, 2.75) is 32.0 Å². The molecule has 194 valence electrons. The normalized spacial score (nSPS) is 15.8. The lowest BCUT2D eigenvalue weighted by Gasteiger charge is -2.29. The first-order valence-electron chi connectivity index (χ1n) is 11.6. The highest BCUT2D eigenvalue weighted by molar-refractivity contribution is 7.91. The molecule has 0 saturated carbocycles. The standard InChI is InChI=1S/C27H30N4O5S/c1-27(2,28)24(26(33)30-34)29-25(32)23-13-11-21(12-14-23)6-4-3-5-20-7-9-22(10-8-20)19-31-15-17-37(35,36)18-16-31/h7-14,24,34H,15-19,28H2,1-2H3,(H,29,32)(H,30,33)/t24-/m1/s1. The Balaban J connectivity index is 1.55. The third kappa shape index (κ3) is 8.45. The third-order valence-electron chi connectivity index (χ3n) is 5.81. The summed E-state index contributed by atoms with van der Waals surface area (Å²) in [6, 6.07) is 13.1. The Morgan fingerprint density at radius 3 is 2.00 bits per heavy atom. The van der Waals surface area contributed by atoms with Crippen LogP contribution in [0.2, 0.25) is 0 Å². The Morgan fingerprint density at radius 1 is 1.00 bits per heavy atom. The minimum atomic E-state index is -2.88. The van der Waals surface area contributed by atoms with E-state index in [-0.39, 0.29) is 11.5 Å². The first-order valence-corrected chi connectivity index (χ1v) is 13.5. The molecular formula is C27H30N4O5S. The molecule has 0 bridgehead atoms. The number of carbonyl (C=O) groups is 2. The van der Waals surface area contributed by atoms with Crippen molar-refractivity contribution >= 4 is 21.7 Å². The molecular weight excluding hydrogens is 492 g/mol. The first-order chi connectivity index (χ1) is 17.5. The highest BCUT2D eigenvalue weighted by Gasteiger charge is 2.33. The van der Waals surface area contributed by atoms with E-state index in [0.29, 0.717) is 30.8 Å². The van der Waals surface area contributed by atoms with Gasteiger partial charge in [-0.05, 0) is 67.6 Å². The first kappa shape index (κ1) is 27.9. The smallest absolute Gasteiger partial charge is 0.267 e. The number of nitrogens with zero attached hydrogens (tertiary/aromatic N) is 1. The van der Waals surface area contributed by atoms with Gasteiger partial charge in [0.25, 0.3) is 11.8 Å². The van der Waals surface area contributed by atoms with Gasteiger partial charge in [-0.25, -0.2) is 13.9 Å². The van der Waals surface area contributed by atoms with E-state index in [2.05, 4.69) is 33.9 Å². The van der Waals surface area contributed by atoms with Crippen LogP contribution in [0.25, 0.3) is 0 Å². The number of nitrogens with one attached hydrogen (secondary N) is 2. The Bertz CT molecular complexity index is 1340. The number of sulfone groups is 1. The number of nitrogens with two attached hydrogens (primary N) is 1. The van der Waals surface area contributed by atoms with E-state index in [4.69, 9.17) is 10.9 Å². The fourth-order valence-corrected chi connectivity index (χ4v) is 4.92. The largest absolute Gasteiger partial charge is 0.338 e.